The fourth-order valence-corrected chi connectivity index (χ4v) is 2.94. The third-order valence-corrected chi connectivity index (χ3v) is 4.95. The van der Waals surface area contributed by atoms with Gasteiger partial charge in [-0.05, 0) is 60.5 Å². The van der Waals surface area contributed by atoms with Crippen molar-refractivity contribution in [3.8, 4) is 16.8 Å². The molecule has 0 radical (unpaired) electrons. The van der Waals surface area contributed by atoms with Gasteiger partial charge in [0.25, 0.3) is 5.91 Å². The van der Waals surface area contributed by atoms with Crippen LogP contribution in [-0.2, 0) is 0 Å². The summed E-state index contributed by atoms with van der Waals surface area (Å²) in [6.45, 7) is 7.65. The zero-order chi connectivity index (χ0) is 23.0. The van der Waals surface area contributed by atoms with Crippen LogP contribution >= 0.6 is 0 Å². The summed E-state index contributed by atoms with van der Waals surface area (Å²) >= 11 is 0. The molecule has 3 aromatic rings. The van der Waals surface area contributed by atoms with Crippen LogP contribution in [0.15, 0.2) is 42.5 Å². The van der Waals surface area contributed by atoms with Crippen molar-refractivity contribution in [2.24, 2.45) is 0 Å². The molecular weight excluding hydrogens is 407 g/mol. The molecule has 0 saturated carbocycles. The second-order valence-corrected chi connectivity index (χ2v) is 8.32. The lowest BCUT2D eigenvalue weighted by Crippen LogP contribution is -2.54. The molecule has 0 fully saturated rings. The topological polar surface area (TPSA) is 72.7 Å². The Morgan fingerprint density at radius 2 is 1.68 bits per heavy atom. The molecule has 0 aliphatic rings. The fraction of sp³-hybridized carbons (Fsp3) is 0.364. The fourth-order valence-electron chi connectivity index (χ4n) is 2.94. The van der Waals surface area contributed by atoms with Gasteiger partial charge in [0.1, 0.15) is 5.54 Å². The number of aromatic nitrogens is 4. The van der Waals surface area contributed by atoms with Crippen LogP contribution in [0.5, 0.6) is 0 Å². The maximum atomic E-state index is 13.3. The van der Waals surface area contributed by atoms with Gasteiger partial charge in [0, 0.05) is 11.5 Å². The number of aryl methyl sites for hydroxylation is 1. The van der Waals surface area contributed by atoms with E-state index in [1.165, 1.54) is 10.7 Å². The SMILES string of the molecule is Cc1ccc(-c2cc(C(=O)NC(C)(C)C(F)(F)F)cc(-n3nnnc3C(C)C)c2)cc1. The first-order valence-corrected chi connectivity index (χ1v) is 9.79. The molecule has 9 heteroatoms. The average molecular weight is 431 g/mol. The first-order chi connectivity index (χ1) is 14.4. The molecule has 1 aromatic heterocycles. The number of nitrogens with zero attached hydrogens (tertiary/aromatic N) is 4. The van der Waals surface area contributed by atoms with Crippen LogP contribution in [0.2, 0.25) is 0 Å². The molecule has 164 valence electrons. The Morgan fingerprint density at radius 3 is 2.26 bits per heavy atom. The third-order valence-electron chi connectivity index (χ3n) is 4.95. The number of alkyl halides is 3. The minimum absolute atomic E-state index is 0.000490. The maximum absolute atomic E-state index is 13.3. The third kappa shape index (κ3) is 4.76. The molecule has 0 unspecified atom stereocenters. The predicted octanol–water partition coefficient (Wildman–Crippen LogP) is 4.83. The van der Waals surface area contributed by atoms with Crippen molar-refractivity contribution in [2.45, 2.75) is 52.3 Å². The van der Waals surface area contributed by atoms with E-state index in [2.05, 4.69) is 20.8 Å². The first kappa shape index (κ1) is 22.5. The van der Waals surface area contributed by atoms with E-state index in [0.29, 0.717) is 17.1 Å². The molecule has 1 amide bonds. The Morgan fingerprint density at radius 1 is 1.03 bits per heavy atom. The Labute approximate surface area is 178 Å². The summed E-state index contributed by atoms with van der Waals surface area (Å²) in [7, 11) is 0. The van der Waals surface area contributed by atoms with Crippen LogP contribution in [0.3, 0.4) is 0 Å². The Kier molecular flexibility index (Phi) is 5.89. The van der Waals surface area contributed by atoms with Gasteiger partial charge >= 0.3 is 6.18 Å². The number of halogens is 3. The molecule has 0 atom stereocenters. The maximum Gasteiger partial charge on any atom is 0.410 e. The summed E-state index contributed by atoms with van der Waals surface area (Å²) in [5.41, 5.74) is 0.722. The van der Waals surface area contributed by atoms with Gasteiger partial charge in [0.2, 0.25) is 0 Å². The van der Waals surface area contributed by atoms with Crippen molar-refractivity contribution >= 4 is 5.91 Å². The summed E-state index contributed by atoms with van der Waals surface area (Å²) in [6, 6.07) is 12.5. The monoisotopic (exact) mass is 431 g/mol. The highest BCUT2D eigenvalue weighted by Crippen LogP contribution is 2.31. The zero-order valence-corrected chi connectivity index (χ0v) is 17.9. The van der Waals surface area contributed by atoms with Crippen LogP contribution in [0.4, 0.5) is 13.2 Å². The molecule has 0 bridgehead atoms. The van der Waals surface area contributed by atoms with Crippen LogP contribution in [-0.4, -0.2) is 37.8 Å². The molecule has 3 rings (SSSR count). The number of hydrogen-bond donors (Lipinski definition) is 1. The summed E-state index contributed by atoms with van der Waals surface area (Å²) < 4.78 is 41.4. The van der Waals surface area contributed by atoms with E-state index in [9.17, 15) is 18.0 Å². The lowest BCUT2D eigenvalue weighted by Gasteiger charge is -2.29. The van der Waals surface area contributed by atoms with Gasteiger partial charge in [-0.15, -0.1) is 5.10 Å². The van der Waals surface area contributed by atoms with E-state index in [1.54, 1.807) is 12.1 Å². The van der Waals surface area contributed by atoms with Crippen LogP contribution < -0.4 is 5.32 Å². The Hall–Kier alpha value is -3.23. The number of amides is 1. The Balaban J connectivity index is 2.12. The van der Waals surface area contributed by atoms with Crippen molar-refractivity contribution < 1.29 is 18.0 Å². The quantitative estimate of drug-likeness (QED) is 0.628. The number of tetrazole rings is 1. The van der Waals surface area contributed by atoms with Crippen molar-refractivity contribution in [3.63, 3.8) is 0 Å². The van der Waals surface area contributed by atoms with Gasteiger partial charge < -0.3 is 5.32 Å². The van der Waals surface area contributed by atoms with Crippen LogP contribution in [0, 0.1) is 6.92 Å². The Bertz CT molecular complexity index is 1090. The van der Waals surface area contributed by atoms with Gasteiger partial charge in [-0.2, -0.15) is 17.9 Å². The largest absolute Gasteiger partial charge is 0.410 e. The summed E-state index contributed by atoms with van der Waals surface area (Å²) in [5.74, 6) is -0.265. The lowest BCUT2D eigenvalue weighted by molar-refractivity contribution is -0.182. The first-order valence-electron chi connectivity index (χ1n) is 9.79. The van der Waals surface area contributed by atoms with Crippen LogP contribution in [0.25, 0.3) is 16.8 Å². The number of carbonyl (C=O) groups excluding carboxylic acids is 1. The van der Waals surface area contributed by atoms with E-state index in [0.717, 1.165) is 25.0 Å². The molecule has 0 saturated heterocycles. The van der Waals surface area contributed by atoms with E-state index in [1.807, 2.05) is 45.0 Å². The average Bonchev–Trinajstić information content (AvgIpc) is 3.17. The van der Waals surface area contributed by atoms with Gasteiger partial charge in [-0.1, -0.05) is 43.7 Å². The van der Waals surface area contributed by atoms with Gasteiger partial charge in [-0.25, -0.2) is 0 Å². The normalized spacial score (nSPS) is 12.3. The molecule has 1 N–H and O–H groups in total. The highest BCUT2D eigenvalue weighted by molar-refractivity contribution is 5.96. The van der Waals surface area contributed by atoms with E-state index < -0.39 is 17.6 Å². The summed E-state index contributed by atoms with van der Waals surface area (Å²) in [5, 5.41) is 13.8. The summed E-state index contributed by atoms with van der Waals surface area (Å²) in [4.78, 5) is 12.8. The van der Waals surface area contributed by atoms with Crippen molar-refractivity contribution in [2.75, 3.05) is 0 Å². The molecule has 1 heterocycles. The van der Waals surface area contributed by atoms with E-state index >= 15 is 0 Å². The molecule has 0 aliphatic heterocycles. The number of rotatable bonds is 5. The number of benzene rings is 2. The summed E-state index contributed by atoms with van der Waals surface area (Å²) in [6.07, 6.45) is -4.60. The number of hydrogen-bond acceptors (Lipinski definition) is 4. The van der Waals surface area contributed by atoms with Crippen molar-refractivity contribution in [1.82, 2.24) is 25.5 Å². The number of nitrogens with one attached hydrogen (secondary N) is 1. The minimum Gasteiger partial charge on any atom is -0.338 e. The second kappa shape index (κ2) is 8.13. The lowest BCUT2D eigenvalue weighted by atomic mass is 9.99. The van der Waals surface area contributed by atoms with Crippen LogP contribution in [0.1, 0.15) is 55.4 Å². The van der Waals surface area contributed by atoms with Crippen molar-refractivity contribution in [3.05, 3.63) is 59.4 Å². The molecule has 0 spiro atoms. The predicted molar refractivity (Wildman–Crippen MR) is 111 cm³/mol. The molecule has 2 aromatic carbocycles. The van der Waals surface area contributed by atoms with Gasteiger partial charge in [0.15, 0.2) is 5.82 Å². The van der Waals surface area contributed by atoms with Crippen molar-refractivity contribution in [1.29, 1.82) is 0 Å². The molecule has 0 aliphatic carbocycles. The van der Waals surface area contributed by atoms with E-state index in [4.69, 9.17) is 0 Å². The van der Waals surface area contributed by atoms with Gasteiger partial charge in [-0.3, -0.25) is 4.79 Å². The minimum atomic E-state index is -4.60. The number of carbonyl (C=O) groups is 1. The standard InChI is InChI=1S/C22H24F3N5O/c1-13(2)19-27-28-29-30(19)18-11-16(15-8-6-14(3)7-9-15)10-17(12-18)20(31)26-21(4,5)22(23,24)25/h6-13H,1-5H3,(H,26,31). The molecule has 31 heavy (non-hydrogen) atoms. The highest BCUT2D eigenvalue weighted by atomic mass is 19.4. The second-order valence-electron chi connectivity index (χ2n) is 8.32. The molecular formula is C22H24F3N5O. The highest BCUT2D eigenvalue weighted by Gasteiger charge is 2.48. The molecule has 6 nitrogen and oxygen atoms in total. The van der Waals surface area contributed by atoms with E-state index in [-0.39, 0.29) is 11.5 Å². The van der Waals surface area contributed by atoms with Gasteiger partial charge in [0.05, 0.1) is 5.69 Å². The zero-order valence-electron chi connectivity index (χ0n) is 17.9. The smallest absolute Gasteiger partial charge is 0.338 e.